The molecule has 1 amide bonds. The van der Waals surface area contributed by atoms with Gasteiger partial charge >= 0.3 is 5.97 Å². The van der Waals surface area contributed by atoms with E-state index in [0.717, 1.165) is 36.1 Å². The summed E-state index contributed by atoms with van der Waals surface area (Å²) in [4.78, 5) is 24.5. The van der Waals surface area contributed by atoms with Crippen LogP contribution in [0.2, 0.25) is 0 Å². The molecule has 0 bridgehead atoms. The van der Waals surface area contributed by atoms with Gasteiger partial charge in [-0.15, -0.1) is 0 Å². The molecule has 0 radical (unpaired) electrons. The molecule has 2 aromatic carbocycles. The lowest BCUT2D eigenvalue weighted by molar-refractivity contribution is 0.0499. The lowest BCUT2D eigenvalue weighted by atomic mass is 10.1. The maximum Gasteiger partial charge on any atom is 0.338 e. The van der Waals surface area contributed by atoms with Gasteiger partial charge in [-0.3, -0.25) is 4.79 Å². The number of nitrogens with zero attached hydrogens (tertiary/aromatic N) is 1. The third-order valence-corrected chi connectivity index (χ3v) is 5.03. The molecule has 4 rings (SSSR count). The molecule has 1 aliphatic rings. The number of nitrogens with one attached hydrogen (secondary N) is 1. The van der Waals surface area contributed by atoms with Crippen LogP contribution in [0.4, 0.5) is 5.69 Å². The van der Waals surface area contributed by atoms with E-state index in [1.54, 1.807) is 30.3 Å². The number of benzene rings is 2. The van der Waals surface area contributed by atoms with Crippen LogP contribution >= 0.6 is 0 Å². The molecule has 0 saturated carbocycles. The van der Waals surface area contributed by atoms with Crippen molar-refractivity contribution in [1.29, 1.82) is 0 Å². The van der Waals surface area contributed by atoms with Gasteiger partial charge in [-0.2, -0.15) is 0 Å². The predicted molar refractivity (Wildman–Crippen MR) is 115 cm³/mol. The zero-order valence-electron chi connectivity index (χ0n) is 17.5. The Morgan fingerprint density at radius 3 is 2.74 bits per heavy atom. The van der Waals surface area contributed by atoms with Gasteiger partial charge < -0.3 is 19.3 Å². The first-order valence-corrected chi connectivity index (χ1v) is 10.4. The molecule has 0 aliphatic carbocycles. The van der Waals surface area contributed by atoms with Gasteiger partial charge in [0.25, 0.3) is 5.91 Å². The van der Waals surface area contributed by atoms with Crippen LogP contribution in [0.5, 0.6) is 5.75 Å². The van der Waals surface area contributed by atoms with Crippen LogP contribution in [0.15, 0.2) is 53.1 Å². The molecule has 7 heteroatoms. The smallest absolute Gasteiger partial charge is 0.338 e. The molecule has 0 spiro atoms. The number of aromatic nitrogens is 1. The molecule has 160 valence electrons. The Bertz CT molecular complexity index is 1090. The summed E-state index contributed by atoms with van der Waals surface area (Å²) in [7, 11) is 0. The van der Waals surface area contributed by atoms with Gasteiger partial charge in [0.2, 0.25) is 0 Å². The van der Waals surface area contributed by atoms with Crippen LogP contribution < -0.4 is 10.1 Å². The number of fused-ring (bicyclic) bond motifs is 1. The quantitative estimate of drug-likeness (QED) is 0.433. The second-order valence-corrected chi connectivity index (χ2v) is 7.55. The monoisotopic (exact) mass is 420 g/mol. The predicted octanol–water partition coefficient (Wildman–Crippen LogP) is 4.87. The molecule has 0 unspecified atom stereocenters. The fraction of sp³-hybridized carbons (Fsp3) is 0.292. The Hall–Kier alpha value is -3.61. The van der Waals surface area contributed by atoms with Gasteiger partial charge in [0.15, 0.2) is 11.5 Å². The summed E-state index contributed by atoms with van der Waals surface area (Å²) in [6.07, 6.45) is 2.79. The summed E-state index contributed by atoms with van der Waals surface area (Å²) in [5.41, 5.74) is 3.11. The first-order valence-electron chi connectivity index (χ1n) is 10.4. The lowest BCUT2D eigenvalue weighted by Gasteiger charge is -2.06. The highest BCUT2D eigenvalue weighted by atomic mass is 16.5. The zero-order valence-corrected chi connectivity index (χ0v) is 17.5. The van der Waals surface area contributed by atoms with Gasteiger partial charge in [-0.1, -0.05) is 18.5 Å². The third-order valence-electron chi connectivity index (χ3n) is 5.03. The molecule has 2 heterocycles. The van der Waals surface area contributed by atoms with E-state index >= 15 is 0 Å². The minimum Gasteiger partial charge on any atom is -0.490 e. The standard InChI is InChI=1S/C24H24N2O5/c1-3-4-11-29-24(28)16-5-8-19(9-6-16)25-23(27)20-14-22(31-26-20)17-7-10-21-18(13-17)12-15(2)30-21/h5-10,13-15H,3-4,11-12H2,1-2H3,(H,25,27)/t15-/m1/s1. The van der Waals surface area contributed by atoms with Crippen LogP contribution in [0.3, 0.4) is 0 Å². The maximum absolute atomic E-state index is 12.5. The molecular formula is C24H24N2O5. The van der Waals surface area contributed by atoms with E-state index in [9.17, 15) is 9.59 Å². The topological polar surface area (TPSA) is 90.7 Å². The van der Waals surface area contributed by atoms with Crippen molar-refractivity contribution in [3.8, 4) is 17.1 Å². The van der Waals surface area contributed by atoms with Gasteiger partial charge in [0.1, 0.15) is 11.9 Å². The highest BCUT2D eigenvalue weighted by Crippen LogP contribution is 2.33. The second kappa shape index (κ2) is 9.04. The minimum atomic E-state index is -0.397. The molecule has 0 fully saturated rings. The average Bonchev–Trinajstić information content (AvgIpc) is 3.40. The van der Waals surface area contributed by atoms with E-state index in [-0.39, 0.29) is 17.8 Å². The Kier molecular flexibility index (Phi) is 6.02. The summed E-state index contributed by atoms with van der Waals surface area (Å²) < 4.78 is 16.3. The first-order chi connectivity index (χ1) is 15.0. The van der Waals surface area contributed by atoms with Gasteiger partial charge in [-0.25, -0.2) is 4.79 Å². The number of hydrogen-bond acceptors (Lipinski definition) is 6. The number of hydrogen-bond donors (Lipinski definition) is 1. The number of unbranched alkanes of at least 4 members (excludes halogenated alkanes) is 1. The Morgan fingerprint density at radius 2 is 1.97 bits per heavy atom. The first kappa shape index (κ1) is 20.7. The van der Waals surface area contributed by atoms with Crippen LogP contribution in [0, 0.1) is 0 Å². The van der Waals surface area contributed by atoms with Crippen molar-refractivity contribution in [3.05, 3.63) is 65.4 Å². The van der Waals surface area contributed by atoms with Crippen molar-refractivity contribution in [2.45, 2.75) is 39.2 Å². The number of amides is 1. The number of carbonyl (C=O) groups is 2. The molecule has 1 N–H and O–H groups in total. The molecule has 3 aromatic rings. The Morgan fingerprint density at radius 1 is 1.16 bits per heavy atom. The number of esters is 1. The van der Waals surface area contributed by atoms with Crippen molar-refractivity contribution in [1.82, 2.24) is 5.16 Å². The van der Waals surface area contributed by atoms with Crippen molar-refractivity contribution >= 4 is 17.6 Å². The molecule has 0 saturated heterocycles. The highest BCUT2D eigenvalue weighted by molar-refractivity contribution is 6.03. The van der Waals surface area contributed by atoms with Gasteiger partial charge in [0.05, 0.1) is 12.2 Å². The normalized spacial score (nSPS) is 14.6. The summed E-state index contributed by atoms with van der Waals surface area (Å²) in [6.45, 7) is 4.46. The van der Waals surface area contributed by atoms with Crippen molar-refractivity contribution in [2.75, 3.05) is 11.9 Å². The van der Waals surface area contributed by atoms with Crippen LogP contribution in [0.1, 0.15) is 53.1 Å². The van der Waals surface area contributed by atoms with E-state index < -0.39 is 5.91 Å². The highest BCUT2D eigenvalue weighted by Gasteiger charge is 2.21. The maximum atomic E-state index is 12.5. The molecule has 7 nitrogen and oxygen atoms in total. The summed E-state index contributed by atoms with van der Waals surface area (Å²) in [6, 6.07) is 13.9. The van der Waals surface area contributed by atoms with Gasteiger partial charge in [0, 0.05) is 23.7 Å². The zero-order chi connectivity index (χ0) is 21.8. The SMILES string of the molecule is CCCCOC(=O)c1ccc(NC(=O)c2cc(-c3ccc4c(c3)C[C@@H](C)O4)on2)cc1. The fourth-order valence-corrected chi connectivity index (χ4v) is 3.37. The largest absolute Gasteiger partial charge is 0.490 e. The van der Waals surface area contributed by atoms with Crippen LogP contribution in [0.25, 0.3) is 11.3 Å². The molecule has 1 aromatic heterocycles. The summed E-state index contributed by atoms with van der Waals surface area (Å²) in [5, 5.41) is 6.65. The van der Waals surface area contributed by atoms with Crippen molar-refractivity contribution < 1.29 is 23.6 Å². The lowest BCUT2D eigenvalue weighted by Crippen LogP contribution is -2.12. The fourth-order valence-electron chi connectivity index (χ4n) is 3.37. The van der Waals surface area contributed by atoms with E-state index in [4.69, 9.17) is 14.0 Å². The number of anilines is 1. The summed E-state index contributed by atoms with van der Waals surface area (Å²) >= 11 is 0. The number of ether oxygens (including phenoxy) is 2. The number of rotatable bonds is 7. The average molecular weight is 420 g/mol. The Balaban J connectivity index is 1.39. The van der Waals surface area contributed by atoms with Crippen molar-refractivity contribution in [3.63, 3.8) is 0 Å². The van der Waals surface area contributed by atoms with E-state index in [0.29, 0.717) is 23.6 Å². The number of carbonyl (C=O) groups excluding carboxylic acids is 2. The molecular weight excluding hydrogens is 396 g/mol. The Labute approximate surface area is 180 Å². The molecule has 1 aliphatic heterocycles. The summed E-state index contributed by atoms with van der Waals surface area (Å²) in [5.74, 6) is 0.622. The third kappa shape index (κ3) is 4.77. The van der Waals surface area contributed by atoms with E-state index in [1.165, 1.54) is 0 Å². The van der Waals surface area contributed by atoms with Crippen LogP contribution in [-0.4, -0.2) is 29.7 Å². The van der Waals surface area contributed by atoms with Crippen LogP contribution in [-0.2, 0) is 11.2 Å². The van der Waals surface area contributed by atoms with Crippen molar-refractivity contribution in [2.24, 2.45) is 0 Å². The second-order valence-electron chi connectivity index (χ2n) is 7.55. The molecule has 1 atom stereocenters. The minimum absolute atomic E-state index is 0.158. The van der Waals surface area contributed by atoms with E-state index in [1.807, 2.05) is 32.0 Å². The molecule has 31 heavy (non-hydrogen) atoms. The van der Waals surface area contributed by atoms with E-state index in [2.05, 4.69) is 10.5 Å². The van der Waals surface area contributed by atoms with Gasteiger partial charge in [-0.05, 0) is 61.4 Å².